The van der Waals surface area contributed by atoms with Crippen LogP contribution in [-0.2, 0) is 39.3 Å². The summed E-state index contributed by atoms with van der Waals surface area (Å²) < 4.78 is 30.4. The summed E-state index contributed by atoms with van der Waals surface area (Å²) in [6, 6.07) is 8.97. The van der Waals surface area contributed by atoms with E-state index in [9.17, 15) is 18.9 Å². The van der Waals surface area contributed by atoms with Crippen molar-refractivity contribution in [3.8, 4) is 0 Å². The third kappa shape index (κ3) is 9.09. The van der Waals surface area contributed by atoms with Gasteiger partial charge in [0.25, 0.3) is 0 Å². The van der Waals surface area contributed by atoms with Crippen LogP contribution in [0.15, 0.2) is 30.3 Å². The van der Waals surface area contributed by atoms with E-state index in [1.165, 1.54) is 6.92 Å². The minimum absolute atomic E-state index is 0.0963. The Balaban J connectivity index is 1.66. The number of benzene rings is 1. The largest absolute Gasteiger partial charge is 0.461 e. The van der Waals surface area contributed by atoms with Gasteiger partial charge in [-0.1, -0.05) is 58.0 Å². The van der Waals surface area contributed by atoms with E-state index in [1.54, 1.807) is 4.90 Å². The molecule has 2 heterocycles. The molecule has 0 radical (unpaired) electrons. The number of carbonyl (C=O) groups excluding carboxylic acids is 3. The molecule has 0 aromatic heterocycles. The van der Waals surface area contributed by atoms with E-state index in [1.807, 2.05) is 58.0 Å². The molecule has 1 aromatic rings. The molecule has 2 fully saturated rings. The highest BCUT2D eigenvalue weighted by Gasteiger charge is 2.51. The predicted octanol–water partition coefficient (Wildman–Crippen LogP) is 3.49. The number of nitrogens with zero attached hydrogens (tertiary/aromatic N) is 2. The maximum absolute atomic E-state index is 13.7. The number of ether oxygens (including phenoxy) is 1. The Hall–Kier alpha value is -2.30. The van der Waals surface area contributed by atoms with Crippen LogP contribution in [0.1, 0.15) is 65.9 Å². The quantitative estimate of drug-likeness (QED) is 0.232. The van der Waals surface area contributed by atoms with E-state index >= 15 is 0 Å². The Morgan fingerprint density at radius 1 is 1.10 bits per heavy atom. The summed E-state index contributed by atoms with van der Waals surface area (Å²) in [6.07, 6.45) is 2.30. The van der Waals surface area contributed by atoms with Crippen molar-refractivity contribution in [1.29, 1.82) is 0 Å². The summed E-state index contributed by atoms with van der Waals surface area (Å²) in [6.45, 7) is 11.3. The molecular formula is C29H47N4O7P. The van der Waals surface area contributed by atoms with Gasteiger partial charge >= 0.3 is 13.7 Å². The predicted molar refractivity (Wildman–Crippen MR) is 156 cm³/mol. The van der Waals surface area contributed by atoms with Crippen LogP contribution in [0.2, 0.25) is 0 Å². The highest BCUT2D eigenvalue weighted by molar-refractivity contribution is 7.51. The molecule has 230 valence electrons. The fraction of sp³-hybridized carbons (Fsp3) is 0.690. The van der Waals surface area contributed by atoms with Gasteiger partial charge in [-0.3, -0.25) is 28.3 Å². The van der Waals surface area contributed by atoms with Crippen molar-refractivity contribution in [3.05, 3.63) is 35.9 Å². The van der Waals surface area contributed by atoms with E-state index < -0.39 is 37.8 Å². The molecule has 41 heavy (non-hydrogen) atoms. The van der Waals surface area contributed by atoms with Crippen LogP contribution >= 0.6 is 7.75 Å². The molecule has 2 saturated heterocycles. The van der Waals surface area contributed by atoms with Gasteiger partial charge in [0.05, 0.1) is 6.61 Å². The molecule has 11 nitrogen and oxygen atoms in total. The van der Waals surface area contributed by atoms with Crippen LogP contribution in [0.3, 0.4) is 0 Å². The Kier molecular flexibility index (Phi) is 12.4. The van der Waals surface area contributed by atoms with Gasteiger partial charge in [0.15, 0.2) is 0 Å². The zero-order valence-corrected chi connectivity index (χ0v) is 26.0. The summed E-state index contributed by atoms with van der Waals surface area (Å²) in [5.41, 5.74) is 0.254. The lowest BCUT2D eigenvalue weighted by molar-refractivity contribution is -0.151. The molecule has 0 aliphatic carbocycles. The van der Waals surface area contributed by atoms with Gasteiger partial charge in [-0.05, 0) is 44.1 Å². The first-order valence-electron chi connectivity index (χ1n) is 14.7. The number of piperazine rings is 1. The van der Waals surface area contributed by atoms with Gasteiger partial charge in [-0.2, -0.15) is 0 Å². The fourth-order valence-electron chi connectivity index (χ4n) is 5.07. The lowest BCUT2D eigenvalue weighted by atomic mass is 9.91. The molecule has 3 atom stereocenters. The third-order valence-electron chi connectivity index (χ3n) is 7.73. The molecule has 0 bridgehead atoms. The van der Waals surface area contributed by atoms with E-state index in [-0.39, 0.29) is 25.2 Å². The number of hydrogen-bond donors (Lipinski definition) is 2. The summed E-state index contributed by atoms with van der Waals surface area (Å²) >= 11 is 0. The van der Waals surface area contributed by atoms with Crippen molar-refractivity contribution >= 4 is 25.5 Å². The normalized spacial score (nSPS) is 21.7. The smallest absolute Gasteiger partial charge is 0.406 e. The minimum Gasteiger partial charge on any atom is -0.461 e. The standard InChI is InChI=1S/C29H47N4O7P/c1-6-25(7-2)40-27(35)23(5)31-41(37,38-18-13-22(3)4)39-20-26(34)32-16-17-33(19-24-11-9-8-10-12-24)29(21-32)14-15-30-28(29)36/h8-12,22-23,25H,6-7,13-21H2,1-5H3,(H,30,36)(H,31,37). The Morgan fingerprint density at radius 2 is 1.80 bits per heavy atom. The monoisotopic (exact) mass is 594 g/mol. The highest BCUT2D eigenvalue weighted by atomic mass is 31.2. The molecular weight excluding hydrogens is 547 g/mol. The molecule has 3 unspecified atom stereocenters. The summed E-state index contributed by atoms with van der Waals surface area (Å²) in [7, 11) is -4.04. The molecule has 2 amide bonds. The van der Waals surface area contributed by atoms with E-state index in [0.29, 0.717) is 57.8 Å². The first kappa shape index (κ1) is 33.2. The topological polar surface area (TPSA) is 127 Å². The second-order valence-corrected chi connectivity index (χ2v) is 13.0. The number of amides is 2. The summed E-state index contributed by atoms with van der Waals surface area (Å²) in [5.74, 6) is -0.764. The van der Waals surface area contributed by atoms with Crippen molar-refractivity contribution < 1.29 is 32.7 Å². The van der Waals surface area contributed by atoms with Crippen molar-refractivity contribution in [2.45, 2.75) is 84.5 Å². The van der Waals surface area contributed by atoms with Crippen LogP contribution in [0, 0.1) is 5.92 Å². The lowest BCUT2D eigenvalue weighted by Gasteiger charge is -2.47. The molecule has 2 aliphatic rings. The Labute approximate surface area is 244 Å². The molecule has 3 rings (SSSR count). The molecule has 12 heteroatoms. The van der Waals surface area contributed by atoms with Crippen LogP contribution in [0.25, 0.3) is 0 Å². The average molecular weight is 595 g/mol. The maximum Gasteiger partial charge on any atom is 0.406 e. The van der Waals surface area contributed by atoms with Gasteiger partial charge < -0.3 is 15.0 Å². The van der Waals surface area contributed by atoms with Crippen molar-refractivity contribution in [2.24, 2.45) is 5.92 Å². The van der Waals surface area contributed by atoms with E-state index in [2.05, 4.69) is 15.3 Å². The Bertz CT molecular complexity index is 1070. The molecule has 2 aliphatic heterocycles. The lowest BCUT2D eigenvalue weighted by Crippen LogP contribution is -2.66. The van der Waals surface area contributed by atoms with Crippen LogP contribution < -0.4 is 10.4 Å². The van der Waals surface area contributed by atoms with Crippen molar-refractivity contribution in [1.82, 2.24) is 20.2 Å². The number of hydrogen-bond acceptors (Lipinski definition) is 8. The first-order chi connectivity index (χ1) is 19.5. The molecule has 2 N–H and O–H groups in total. The second kappa shape index (κ2) is 15.3. The maximum atomic E-state index is 13.7. The van der Waals surface area contributed by atoms with Gasteiger partial charge in [-0.15, -0.1) is 0 Å². The van der Waals surface area contributed by atoms with Gasteiger partial charge in [0.2, 0.25) is 11.8 Å². The minimum atomic E-state index is -4.04. The molecule has 0 saturated carbocycles. The summed E-state index contributed by atoms with van der Waals surface area (Å²) in [5, 5.41) is 5.59. The van der Waals surface area contributed by atoms with Crippen LogP contribution in [-0.4, -0.2) is 84.7 Å². The summed E-state index contributed by atoms with van der Waals surface area (Å²) in [4.78, 5) is 42.8. The van der Waals surface area contributed by atoms with E-state index in [0.717, 1.165) is 5.56 Å². The number of esters is 1. The molecule has 1 aromatic carbocycles. The third-order valence-corrected chi connectivity index (χ3v) is 9.42. The van der Waals surface area contributed by atoms with E-state index in [4.69, 9.17) is 13.8 Å². The first-order valence-corrected chi connectivity index (χ1v) is 16.3. The van der Waals surface area contributed by atoms with Gasteiger partial charge in [0, 0.05) is 32.7 Å². The number of nitrogens with one attached hydrogen (secondary N) is 2. The van der Waals surface area contributed by atoms with Gasteiger partial charge in [-0.25, -0.2) is 9.65 Å². The van der Waals surface area contributed by atoms with Crippen molar-refractivity contribution in [2.75, 3.05) is 39.4 Å². The van der Waals surface area contributed by atoms with Crippen LogP contribution in [0.4, 0.5) is 0 Å². The zero-order chi connectivity index (χ0) is 30.0. The van der Waals surface area contributed by atoms with Crippen LogP contribution in [0.5, 0.6) is 0 Å². The Morgan fingerprint density at radius 3 is 2.41 bits per heavy atom. The fourth-order valence-corrected chi connectivity index (χ4v) is 6.50. The van der Waals surface area contributed by atoms with Gasteiger partial charge in [0.1, 0.15) is 24.3 Å². The SMILES string of the molecule is CCC(CC)OC(=O)C(C)NP(=O)(OCCC(C)C)OCC(=O)N1CCN(Cc2ccccc2)C2(CCNC2=O)C1. The molecule has 1 spiro atoms. The highest BCUT2D eigenvalue weighted by Crippen LogP contribution is 2.45. The number of rotatable bonds is 15. The van der Waals surface area contributed by atoms with Crippen molar-refractivity contribution in [3.63, 3.8) is 0 Å². The average Bonchev–Trinajstić information content (AvgIpc) is 3.31. The zero-order valence-electron chi connectivity index (χ0n) is 25.1. The second-order valence-electron chi connectivity index (χ2n) is 11.3. The number of carbonyl (C=O) groups is 3.